The second-order valence-electron chi connectivity index (χ2n) is 5.11. The monoisotopic (exact) mass is 366 g/mol. The summed E-state index contributed by atoms with van der Waals surface area (Å²) in [5.41, 5.74) is 1.84. The van der Waals surface area contributed by atoms with E-state index in [1.54, 1.807) is 12.4 Å². The Bertz CT molecular complexity index is 1000. The molecule has 0 saturated heterocycles. The predicted molar refractivity (Wildman–Crippen MR) is 101 cm³/mol. The van der Waals surface area contributed by atoms with Crippen LogP contribution < -0.4 is 5.32 Å². The summed E-state index contributed by atoms with van der Waals surface area (Å²) >= 11 is 3.03. The van der Waals surface area contributed by atoms with E-state index in [1.807, 2.05) is 43.3 Å². The Labute approximate surface area is 152 Å². The second kappa shape index (κ2) is 7.12. The second-order valence-corrected chi connectivity index (χ2v) is 7.32. The van der Waals surface area contributed by atoms with Gasteiger partial charge in [-0.25, -0.2) is 9.97 Å². The third kappa shape index (κ3) is 3.45. The fourth-order valence-corrected chi connectivity index (χ4v) is 4.16. The molecule has 6 nitrogen and oxygen atoms in total. The maximum Gasteiger partial charge on any atom is 0.206 e. The van der Waals surface area contributed by atoms with E-state index in [9.17, 15) is 0 Å². The van der Waals surface area contributed by atoms with Gasteiger partial charge in [-0.3, -0.25) is 4.98 Å². The molecule has 124 valence electrons. The first-order valence-electron chi connectivity index (χ1n) is 7.76. The number of hydrogen-bond acceptors (Lipinski definition) is 8. The highest BCUT2D eigenvalue weighted by molar-refractivity contribution is 8.01. The summed E-state index contributed by atoms with van der Waals surface area (Å²) in [7, 11) is 0. The SMILES string of the molecule is CCNc1nnc(Sc2nc(-c3ccncc3)nc3ccccc23)s1. The first kappa shape index (κ1) is 15.9. The zero-order valence-corrected chi connectivity index (χ0v) is 15.0. The van der Waals surface area contributed by atoms with Crippen molar-refractivity contribution in [2.75, 3.05) is 11.9 Å². The fourth-order valence-electron chi connectivity index (χ4n) is 2.31. The van der Waals surface area contributed by atoms with Crippen LogP contribution in [-0.2, 0) is 0 Å². The molecule has 0 atom stereocenters. The van der Waals surface area contributed by atoms with Crippen molar-refractivity contribution < 1.29 is 0 Å². The highest BCUT2D eigenvalue weighted by atomic mass is 32.2. The molecule has 0 spiro atoms. The fraction of sp³-hybridized carbons (Fsp3) is 0.118. The van der Waals surface area contributed by atoms with E-state index in [0.29, 0.717) is 5.82 Å². The van der Waals surface area contributed by atoms with E-state index in [1.165, 1.54) is 23.1 Å². The number of hydrogen-bond donors (Lipinski definition) is 1. The molecule has 25 heavy (non-hydrogen) atoms. The lowest BCUT2D eigenvalue weighted by molar-refractivity contribution is 0.998. The van der Waals surface area contributed by atoms with Gasteiger partial charge in [-0.1, -0.05) is 29.5 Å². The first-order chi connectivity index (χ1) is 12.3. The Hall–Kier alpha value is -2.58. The summed E-state index contributed by atoms with van der Waals surface area (Å²) in [6.45, 7) is 2.86. The van der Waals surface area contributed by atoms with E-state index >= 15 is 0 Å². The van der Waals surface area contributed by atoms with Crippen LogP contribution in [0.4, 0.5) is 5.13 Å². The van der Waals surface area contributed by atoms with Crippen LogP contribution in [0.3, 0.4) is 0 Å². The van der Waals surface area contributed by atoms with Crippen LogP contribution in [0.5, 0.6) is 0 Å². The Morgan fingerprint density at radius 2 is 1.88 bits per heavy atom. The highest BCUT2D eigenvalue weighted by Gasteiger charge is 2.13. The van der Waals surface area contributed by atoms with Gasteiger partial charge >= 0.3 is 0 Å². The van der Waals surface area contributed by atoms with Gasteiger partial charge in [0.2, 0.25) is 5.13 Å². The van der Waals surface area contributed by atoms with Crippen molar-refractivity contribution in [3.05, 3.63) is 48.8 Å². The van der Waals surface area contributed by atoms with Crippen molar-refractivity contribution in [3.8, 4) is 11.4 Å². The number of para-hydroxylation sites is 1. The van der Waals surface area contributed by atoms with Crippen molar-refractivity contribution in [1.82, 2.24) is 25.1 Å². The van der Waals surface area contributed by atoms with E-state index < -0.39 is 0 Å². The lowest BCUT2D eigenvalue weighted by Crippen LogP contribution is -1.94. The molecule has 0 aliphatic heterocycles. The lowest BCUT2D eigenvalue weighted by atomic mass is 10.2. The number of fused-ring (bicyclic) bond motifs is 1. The van der Waals surface area contributed by atoms with E-state index in [-0.39, 0.29) is 0 Å². The molecule has 0 fully saturated rings. The summed E-state index contributed by atoms with van der Waals surface area (Å²) in [4.78, 5) is 13.5. The van der Waals surface area contributed by atoms with Crippen LogP contribution in [-0.4, -0.2) is 31.7 Å². The molecule has 1 N–H and O–H groups in total. The number of rotatable bonds is 5. The summed E-state index contributed by atoms with van der Waals surface area (Å²) < 4.78 is 0.848. The average molecular weight is 366 g/mol. The van der Waals surface area contributed by atoms with Gasteiger partial charge in [-0.15, -0.1) is 10.2 Å². The number of pyridine rings is 1. The van der Waals surface area contributed by atoms with Crippen LogP contribution in [0.25, 0.3) is 22.3 Å². The van der Waals surface area contributed by atoms with Crippen LogP contribution in [0, 0.1) is 0 Å². The number of nitrogens with zero attached hydrogens (tertiary/aromatic N) is 5. The van der Waals surface area contributed by atoms with Gasteiger partial charge in [-0.2, -0.15) is 0 Å². The van der Waals surface area contributed by atoms with Crippen LogP contribution in [0.1, 0.15) is 6.92 Å². The molecular weight excluding hydrogens is 352 g/mol. The highest BCUT2D eigenvalue weighted by Crippen LogP contribution is 2.35. The standard InChI is InChI=1S/C17H14N6S2/c1-2-19-16-22-23-17(25-16)24-15-12-5-3-4-6-13(12)20-14(21-15)11-7-9-18-10-8-11/h3-10H,2H2,1H3,(H,19,22). The molecule has 0 bridgehead atoms. The van der Waals surface area contributed by atoms with E-state index in [0.717, 1.165) is 37.5 Å². The van der Waals surface area contributed by atoms with Gasteiger partial charge < -0.3 is 5.32 Å². The molecule has 0 unspecified atom stereocenters. The van der Waals surface area contributed by atoms with E-state index in [2.05, 4.69) is 25.5 Å². The van der Waals surface area contributed by atoms with Gasteiger partial charge in [0.05, 0.1) is 5.52 Å². The minimum Gasteiger partial charge on any atom is -0.360 e. The molecular formula is C17H14N6S2. The quantitative estimate of drug-likeness (QED) is 0.532. The Kier molecular flexibility index (Phi) is 4.53. The van der Waals surface area contributed by atoms with Crippen molar-refractivity contribution in [3.63, 3.8) is 0 Å². The summed E-state index contributed by atoms with van der Waals surface area (Å²) in [6.07, 6.45) is 3.49. The molecule has 0 aliphatic rings. The molecule has 0 saturated carbocycles. The van der Waals surface area contributed by atoms with Crippen LogP contribution in [0.15, 0.2) is 58.2 Å². The molecule has 1 aromatic carbocycles. The maximum absolute atomic E-state index is 4.76. The molecule has 0 aliphatic carbocycles. The number of anilines is 1. The minimum atomic E-state index is 0.681. The number of nitrogens with one attached hydrogen (secondary N) is 1. The predicted octanol–water partition coefficient (Wildman–Crippen LogP) is 4.13. The van der Waals surface area contributed by atoms with Gasteiger partial charge in [0.1, 0.15) is 5.03 Å². The first-order valence-corrected chi connectivity index (χ1v) is 9.39. The van der Waals surface area contributed by atoms with Crippen molar-refractivity contribution in [1.29, 1.82) is 0 Å². The Balaban J connectivity index is 1.78. The zero-order chi connectivity index (χ0) is 17.1. The average Bonchev–Trinajstić information content (AvgIpc) is 3.10. The topological polar surface area (TPSA) is 76.5 Å². The molecule has 0 radical (unpaired) electrons. The Morgan fingerprint density at radius 3 is 2.72 bits per heavy atom. The molecule has 3 heterocycles. The number of benzene rings is 1. The smallest absolute Gasteiger partial charge is 0.206 e. The normalized spacial score (nSPS) is 10.9. The summed E-state index contributed by atoms with van der Waals surface area (Å²) in [5, 5.41) is 14.3. The van der Waals surface area contributed by atoms with Crippen LogP contribution >= 0.6 is 23.1 Å². The van der Waals surface area contributed by atoms with Crippen molar-refractivity contribution >= 4 is 39.1 Å². The Morgan fingerprint density at radius 1 is 1.04 bits per heavy atom. The van der Waals surface area contributed by atoms with Gasteiger partial charge in [-0.05, 0) is 36.9 Å². The van der Waals surface area contributed by atoms with Gasteiger partial charge in [0, 0.05) is 29.9 Å². The molecule has 8 heteroatoms. The van der Waals surface area contributed by atoms with Crippen LogP contribution in [0.2, 0.25) is 0 Å². The molecule has 4 rings (SSSR count). The molecule has 0 amide bonds. The van der Waals surface area contributed by atoms with Crippen molar-refractivity contribution in [2.24, 2.45) is 0 Å². The third-order valence-corrected chi connectivity index (χ3v) is 5.36. The molecule has 3 aromatic heterocycles. The third-order valence-electron chi connectivity index (χ3n) is 3.43. The minimum absolute atomic E-state index is 0.681. The number of aromatic nitrogens is 5. The van der Waals surface area contributed by atoms with Crippen molar-refractivity contribution in [2.45, 2.75) is 16.3 Å². The largest absolute Gasteiger partial charge is 0.360 e. The zero-order valence-electron chi connectivity index (χ0n) is 13.4. The molecule has 4 aromatic rings. The van der Waals surface area contributed by atoms with Gasteiger partial charge in [0.25, 0.3) is 0 Å². The van der Waals surface area contributed by atoms with E-state index in [4.69, 9.17) is 4.98 Å². The van der Waals surface area contributed by atoms with Gasteiger partial charge in [0.15, 0.2) is 10.2 Å². The maximum atomic E-state index is 4.76. The lowest BCUT2D eigenvalue weighted by Gasteiger charge is -2.07. The summed E-state index contributed by atoms with van der Waals surface area (Å²) in [5.74, 6) is 0.681. The summed E-state index contributed by atoms with van der Waals surface area (Å²) in [6, 6.07) is 11.8.